The fourth-order valence-corrected chi connectivity index (χ4v) is 3.32. The Hall–Kier alpha value is -1.07. The normalized spacial score (nSPS) is 18.2. The highest BCUT2D eigenvalue weighted by molar-refractivity contribution is 8.26. The Kier molecular flexibility index (Phi) is 3.64. The van der Waals surface area contributed by atoms with Crippen LogP contribution in [0.5, 0.6) is 0 Å². The van der Waals surface area contributed by atoms with Crippen LogP contribution in [0.4, 0.5) is 0 Å². The number of carbonyl (C=O) groups excluding carboxylic acids is 1. The van der Waals surface area contributed by atoms with Crippen LogP contribution in [0.2, 0.25) is 0 Å². The number of aromatic nitrogens is 1. The molecule has 1 saturated heterocycles. The first-order chi connectivity index (χ1) is 8.45. The first-order valence-corrected chi connectivity index (χ1v) is 7.06. The minimum absolute atomic E-state index is 0.0217. The van der Waals surface area contributed by atoms with E-state index in [0.717, 1.165) is 16.2 Å². The third-order valence-corrected chi connectivity index (χ3v) is 4.67. The van der Waals surface area contributed by atoms with Crippen molar-refractivity contribution in [1.82, 2.24) is 9.47 Å². The molecule has 0 saturated carbocycles. The molecule has 1 amide bonds. The minimum Gasteiger partial charge on any atom is -0.352 e. The van der Waals surface area contributed by atoms with Crippen LogP contribution in [0, 0.1) is 13.8 Å². The second-order valence-corrected chi connectivity index (χ2v) is 5.99. The number of thioether (sulfide) groups is 1. The number of thiocarbonyl (C=S) groups is 1. The van der Waals surface area contributed by atoms with Gasteiger partial charge in [-0.15, -0.1) is 0 Å². The zero-order valence-electron chi connectivity index (χ0n) is 11.0. The van der Waals surface area contributed by atoms with Crippen molar-refractivity contribution in [2.75, 3.05) is 6.54 Å². The molecule has 0 N–H and O–H groups in total. The van der Waals surface area contributed by atoms with Crippen molar-refractivity contribution < 1.29 is 4.79 Å². The molecule has 1 fully saturated rings. The average molecular weight is 280 g/mol. The topological polar surface area (TPSA) is 25.2 Å². The van der Waals surface area contributed by atoms with Gasteiger partial charge in [0.15, 0.2) is 0 Å². The van der Waals surface area contributed by atoms with Crippen molar-refractivity contribution in [3.8, 4) is 0 Å². The molecule has 0 aliphatic carbocycles. The van der Waals surface area contributed by atoms with Gasteiger partial charge in [0.25, 0.3) is 5.91 Å². The Morgan fingerprint density at radius 1 is 1.44 bits per heavy atom. The van der Waals surface area contributed by atoms with Crippen LogP contribution in [0.25, 0.3) is 6.08 Å². The summed E-state index contributed by atoms with van der Waals surface area (Å²) < 4.78 is 2.77. The SMILES string of the molecule is CCN1C(=O)C(=Cc2cc(C)n(C)c2C)SC1=S. The molecule has 0 unspecified atom stereocenters. The lowest BCUT2D eigenvalue weighted by atomic mass is 10.2. The van der Waals surface area contributed by atoms with Gasteiger partial charge in [-0.1, -0.05) is 24.0 Å². The first kappa shape index (κ1) is 13.4. The van der Waals surface area contributed by atoms with Crippen molar-refractivity contribution in [3.63, 3.8) is 0 Å². The van der Waals surface area contributed by atoms with Crippen LogP contribution in [0.3, 0.4) is 0 Å². The molecule has 0 atom stereocenters. The number of likely N-dealkylation sites (N-methyl/N-ethyl adjacent to an activating group) is 1. The van der Waals surface area contributed by atoms with Gasteiger partial charge < -0.3 is 4.57 Å². The number of carbonyl (C=O) groups is 1. The van der Waals surface area contributed by atoms with E-state index in [-0.39, 0.29) is 5.91 Å². The predicted octanol–water partition coefficient (Wildman–Crippen LogP) is 2.86. The van der Waals surface area contributed by atoms with Gasteiger partial charge >= 0.3 is 0 Å². The van der Waals surface area contributed by atoms with E-state index in [1.807, 2.05) is 20.0 Å². The standard InChI is InChI=1S/C13H16N2OS2/c1-5-15-12(16)11(18-13(15)17)7-10-6-8(2)14(4)9(10)3/h6-7H,5H2,1-4H3. The maximum Gasteiger partial charge on any atom is 0.266 e. The summed E-state index contributed by atoms with van der Waals surface area (Å²) in [5, 5.41) is 0. The van der Waals surface area contributed by atoms with Crippen molar-refractivity contribution in [3.05, 3.63) is 27.9 Å². The van der Waals surface area contributed by atoms with Crippen molar-refractivity contribution in [2.45, 2.75) is 20.8 Å². The van der Waals surface area contributed by atoms with Gasteiger partial charge in [0, 0.05) is 25.0 Å². The molecule has 1 aliphatic heterocycles. The van der Waals surface area contributed by atoms with E-state index in [9.17, 15) is 4.79 Å². The molecule has 0 radical (unpaired) electrons. The van der Waals surface area contributed by atoms with Crippen LogP contribution in [-0.4, -0.2) is 26.2 Å². The van der Waals surface area contributed by atoms with Crippen molar-refractivity contribution >= 4 is 40.3 Å². The molecular formula is C13H16N2OS2. The molecule has 1 aromatic rings. The highest BCUT2D eigenvalue weighted by Gasteiger charge is 2.30. The largest absolute Gasteiger partial charge is 0.352 e. The van der Waals surface area contributed by atoms with Crippen LogP contribution in [0.1, 0.15) is 23.9 Å². The number of nitrogens with zero attached hydrogens (tertiary/aromatic N) is 2. The van der Waals surface area contributed by atoms with Crippen LogP contribution < -0.4 is 0 Å². The molecule has 0 bridgehead atoms. The van der Waals surface area contributed by atoms with Gasteiger partial charge in [0.1, 0.15) is 4.32 Å². The molecule has 0 spiro atoms. The summed E-state index contributed by atoms with van der Waals surface area (Å²) in [7, 11) is 2.03. The molecular weight excluding hydrogens is 264 g/mol. The third kappa shape index (κ3) is 2.12. The maximum absolute atomic E-state index is 12.1. The van der Waals surface area contributed by atoms with Gasteiger partial charge in [0.2, 0.25) is 0 Å². The van der Waals surface area contributed by atoms with E-state index in [0.29, 0.717) is 10.9 Å². The smallest absolute Gasteiger partial charge is 0.266 e. The summed E-state index contributed by atoms with van der Waals surface area (Å²) in [6.07, 6.45) is 1.94. The second-order valence-electron chi connectivity index (χ2n) is 4.31. The fourth-order valence-electron chi connectivity index (χ4n) is 1.94. The fraction of sp³-hybridized carbons (Fsp3) is 0.385. The lowest BCUT2D eigenvalue weighted by Gasteiger charge is -2.09. The van der Waals surface area contributed by atoms with E-state index in [4.69, 9.17) is 12.2 Å². The van der Waals surface area contributed by atoms with Gasteiger partial charge in [-0.05, 0) is 38.5 Å². The lowest BCUT2D eigenvalue weighted by Crippen LogP contribution is -2.27. The summed E-state index contributed by atoms with van der Waals surface area (Å²) in [6.45, 7) is 6.68. The zero-order valence-corrected chi connectivity index (χ0v) is 12.6. The first-order valence-electron chi connectivity index (χ1n) is 5.84. The van der Waals surface area contributed by atoms with Crippen LogP contribution >= 0.6 is 24.0 Å². The molecule has 2 rings (SSSR count). The monoisotopic (exact) mass is 280 g/mol. The van der Waals surface area contributed by atoms with Gasteiger partial charge in [-0.25, -0.2) is 0 Å². The highest BCUT2D eigenvalue weighted by Crippen LogP contribution is 2.33. The summed E-state index contributed by atoms with van der Waals surface area (Å²) >= 11 is 6.58. The van der Waals surface area contributed by atoms with Gasteiger partial charge in [-0.3, -0.25) is 9.69 Å². The lowest BCUT2D eigenvalue weighted by molar-refractivity contribution is -0.121. The Morgan fingerprint density at radius 3 is 2.56 bits per heavy atom. The zero-order chi connectivity index (χ0) is 13.4. The van der Waals surface area contributed by atoms with E-state index in [2.05, 4.69) is 24.5 Å². The van der Waals surface area contributed by atoms with Crippen molar-refractivity contribution in [1.29, 1.82) is 0 Å². The molecule has 1 aromatic heterocycles. The molecule has 1 aliphatic rings. The Labute approximate surface area is 117 Å². The van der Waals surface area contributed by atoms with E-state index in [1.165, 1.54) is 17.5 Å². The molecule has 2 heterocycles. The van der Waals surface area contributed by atoms with E-state index < -0.39 is 0 Å². The van der Waals surface area contributed by atoms with Gasteiger partial charge in [-0.2, -0.15) is 0 Å². The Morgan fingerprint density at radius 2 is 2.11 bits per heavy atom. The molecule has 3 nitrogen and oxygen atoms in total. The summed E-state index contributed by atoms with van der Waals surface area (Å²) in [5.41, 5.74) is 3.44. The number of aryl methyl sites for hydroxylation is 1. The summed E-state index contributed by atoms with van der Waals surface area (Å²) in [6, 6.07) is 2.09. The van der Waals surface area contributed by atoms with E-state index in [1.54, 1.807) is 4.90 Å². The number of amides is 1. The number of hydrogen-bond acceptors (Lipinski definition) is 3. The number of hydrogen-bond donors (Lipinski definition) is 0. The maximum atomic E-state index is 12.1. The number of rotatable bonds is 2. The molecule has 96 valence electrons. The molecule has 0 aromatic carbocycles. The van der Waals surface area contributed by atoms with E-state index >= 15 is 0 Å². The Bertz CT molecular complexity index is 558. The van der Waals surface area contributed by atoms with Crippen LogP contribution in [0.15, 0.2) is 11.0 Å². The Balaban J connectivity index is 2.38. The predicted molar refractivity (Wildman–Crippen MR) is 80.4 cm³/mol. The second kappa shape index (κ2) is 4.90. The molecule has 18 heavy (non-hydrogen) atoms. The minimum atomic E-state index is 0.0217. The average Bonchev–Trinajstić information content (AvgIpc) is 2.72. The highest BCUT2D eigenvalue weighted by atomic mass is 32.2. The van der Waals surface area contributed by atoms with Crippen molar-refractivity contribution in [2.24, 2.45) is 7.05 Å². The van der Waals surface area contributed by atoms with Crippen LogP contribution in [-0.2, 0) is 11.8 Å². The summed E-state index contributed by atoms with van der Waals surface area (Å²) in [4.78, 5) is 14.5. The third-order valence-electron chi connectivity index (χ3n) is 3.29. The van der Waals surface area contributed by atoms with Gasteiger partial charge in [0.05, 0.1) is 4.91 Å². The summed E-state index contributed by atoms with van der Waals surface area (Å²) in [5.74, 6) is 0.0217. The quantitative estimate of drug-likeness (QED) is 0.615. The molecule has 5 heteroatoms.